The van der Waals surface area contributed by atoms with Crippen molar-refractivity contribution in [3.63, 3.8) is 0 Å². The molecule has 0 rings (SSSR count). The lowest BCUT2D eigenvalue weighted by Gasteiger charge is -2.16. The minimum atomic E-state index is -0.937. The van der Waals surface area contributed by atoms with Gasteiger partial charge in [0.25, 0.3) is 0 Å². The number of amides is 2. The molecule has 6 N–H and O–H groups in total. The molecule has 1 unspecified atom stereocenters. The van der Waals surface area contributed by atoms with Crippen LogP contribution in [0.1, 0.15) is 19.8 Å². The Morgan fingerprint density at radius 2 is 2.07 bits per heavy atom. The van der Waals surface area contributed by atoms with Gasteiger partial charge in [0, 0.05) is 0 Å². The van der Waals surface area contributed by atoms with Crippen molar-refractivity contribution in [2.24, 2.45) is 11.5 Å². The average Bonchev–Trinajstić information content (AvgIpc) is 2.12. The number of aliphatic hydroxyl groups is 1. The topological polar surface area (TPSA) is 118 Å². The van der Waals surface area contributed by atoms with Crippen LogP contribution in [0.25, 0.3) is 0 Å². The van der Waals surface area contributed by atoms with Crippen LogP contribution in [0, 0.1) is 0 Å². The van der Waals surface area contributed by atoms with E-state index in [0.717, 1.165) is 0 Å². The maximum atomic E-state index is 11.3. The number of carbonyl (C=O) groups excluding carboxylic acids is 2. The monoisotopic (exact) mass is 203 g/mol. The number of hydrogen-bond donors (Lipinski definition) is 4. The molecule has 0 aromatic carbocycles. The Morgan fingerprint density at radius 3 is 2.43 bits per heavy atom. The van der Waals surface area contributed by atoms with Gasteiger partial charge in [0.15, 0.2) is 0 Å². The van der Waals surface area contributed by atoms with Gasteiger partial charge in [0.1, 0.15) is 0 Å². The molecule has 0 aliphatic rings. The van der Waals surface area contributed by atoms with Crippen LogP contribution in [0.2, 0.25) is 0 Å². The molecular weight excluding hydrogens is 186 g/mol. The third kappa shape index (κ3) is 4.78. The zero-order valence-electron chi connectivity index (χ0n) is 8.19. The molecule has 0 aromatic heterocycles. The fourth-order valence-electron chi connectivity index (χ4n) is 0.894. The maximum absolute atomic E-state index is 11.3. The molecule has 2 atom stereocenters. The zero-order chi connectivity index (χ0) is 11.1. The van der Waals surface area contributed by atoms with E-state index in [9.17, 15) is 9.59 Å². The third-order valence-electron chi connectivity index (χ3n) is 1.82. The van der Waals surface area contributed by atoms with Crippen molar-refractivity contribution >= 4 is 11.8 Å². The van der Waals surface area contributed by atoms with E-state index in [0.29, 0.717) is 6.42 Å². The van der Waals surface area contributed by atoms with Crippen molar-refractivity contribution in [2.75, 3.05) is 6.61 Å². The first-order chi connectivity index (χ1) is 6.51. The quantitative estimate of drug-likeness (QED) is 0.402. The summed E-state index contributed by atoms with van der Waals surface area (Å²) in [5.41, 5.74) is 10.3. The molecule has 0 spiro atoms. The molecule has 6 heteroatoms. The van der Waals surface area contributed by atoms with E-state index in [1.807, 2.05) is 6.92 Å². The van der Waals surface area contributed by atoms with Gasteiger partial charge in [0.05, 0.1) is 25.1 Å². The van der Waals surface area contributed by atoms with Crippen LogP contribution in [0.3, 0.4) is 0 Å². The number of hydrogen-bond acceptors (Lipinski definition) is 4. The lowest BCUT2D eigenvalue weighted by molar-refractivity contribution is -0.127. The Balaban J connectivity index is 3.99. The molecule has 6 nitrogen and oxygen atoms in total. The van der Waals surface area contributed by atoms with Gasteiger partial charge >= 0.3 is 0 Å². The molecule has 0 bridgehead atoms. The van der Waals surface area contributed by atoms with Crippen LogP contribution in [0.4, 0.5) is 0 Å². The summed E-state index contributed by atoms with van der Waals surface area (Å²) in [5.74, 6) is -1.09. The van der Waals surface area contributed by atoms with E-state index in [1.165, 1.54) is 0 Å². The van der Waals surface area contributed by atoms with E-state index < -0.39 is 17.9 Å². The molecule has 0 aromatic rings. The maximum Gasteiger partial charge on any atom is 0.237 e. The molecule has 0 heterocycles. The van der Waals surface area contributed by atoms with Gasteiger partial charge in [-0.2, -0.15) is 0 Å². The first-order valence-corrected chi connectivity index (χ1v) is 4.46. The number of nitrogens with one attached hydrogen (secondary N) is 1. The van der Waals surface area contributed by atoms with Crippen LogP contribution >= 0.6 is 0 Å². The molecule has 0 saturated carbocycles. The normalized spacial score (nSPS) is 14.5. The third-order valence-corrected chi connectivity index (χ3v) is 1.82. The highest BCUT2D eigenvalue weighted by atomic mass is 16.3. The predicted octanol–water partition coefficient (Wildman–Crippen LogP) is -1.92. The highest BCUT2D eigenvalue weighted by molar-refractivity contribution is 5.87. The average molecular weight is 203 g/mol. The summed E-state index contributed by atoms with van der Waals surface area (Å²) in [6.45, 7) is 1.67. The lowest BCUT2D eigenvalue weighted by Crippen LogP contribution is -2.47. The number of rotatable bonds is 6. The summed E-state index contributed by atoms with van der Waals surface area (Å²) in [5, 5.41) is 11.3. The van der Waals surface area contributed by atoms with Gasteiger partial charge in [-0.05, 0) is 6.42 Å². The van der Waals surface area contributed by atoms with Gasteiger partial charge in [-0.25, -0.2) is 0 Å². The Hall–Kier alpha value is -1.14. The molecule has 2 amide bonds. The molecule has 82 valence electrons. The second-order valence-corrected chi connectivity index (χ2v) is 3.07. The minimum Gasteiger partial charge on any atom is -0.394 e. The second kappa shape index (κ2) is 6.33. The van der Waals surface area contributed by atoms with Crippen LogP contribution in [0.5, 0.6) is 0 Å². The van der Waals surface area contributed by atoms with E-state index in [-0.39, 0.29) is 19.1 Å². The summed E-state index contributed by atoms with van der Waals surface area (Å²) in [6, 6.07) is -1.26. The number of nitrogens with two attached hydrogens (primary N) is 2. The van der Waals surface area contributed by atoms with E-state index in [2.05, 4.69) is 5.32 Å². The van der Waals surface area contributed by atoms with Gasteiger partial charge in [0.2, 0.25) is 11.8 Å². The SMILES string of the molecule is CC[C@H](CO)NC(=O)C(N)CC(N)=O. The Bertz CT molecular complexity index is 204. The van der Waals surface area contributed by atoms with Gasteiger partial charge in [-0.3, -0.25) is 9.59 Å². The highest BCUT2D eigenvalue weighted by Gasteiger charge is 2.18. The van der Waals surface area contributed by atoms with Crippen molar-refractivity contribution in [2.45, 2.75) is 31.8 Å². The van der Waals surface area contributed by atoms with E-state index >= 15 is 0 Å². The van der Waals surface area contributed by atoms with Crippen molar-refractivity contribution in [1.29, 1.82) is 0 Å². The van der Waals surface area contributed by atoms with Gasteiger partial charge in [-0.1, -0.05) is 6.92 Å². The summed E-state index contributed by atoms with van der Waals surface area (Å²) in [4.78, 5) is 21.7. The fraction of sp³-hybridized carbons (Fsp3) is 0.750. The fourth-order valence-corrected chi connectivity index (χ4v) is 0.894. The number of carbonyl (C=O) groups is 2. The molecular formula is C8H17N3O3. The second-order valence-electron chi connectivity index (χ2n) is 3.07. The summed E-state index contributed by atoms with van der Waals surface area (Å²) >= 11 is 0. The smallest absolute Gasteiger partial charge is 0.237 e. The van der Waals surface area contributed by atoms with Gasteiger partial charge in [-0.15, -0.1) is 0 Å². The predicted molar refractivity (Wildman–Crippen MR) is 51.1 cm³/mol. The lowest BCUT2D eigenvalue weighted by atomic mass is 10.1. The molecule has 0 saturated heterocycles. The van der Waals surface area contributed by atoms with Crippen LogP contribution < -0.4 is 16.8 Å². The van der Waals surface area contributed by atoms with Crippen molar-refractivity contribution < 1.29 is 14.7 Å². The van der Waals surface area contributed by atoms with Gasteiger partial charge < -0.3 is 21.9 Å². The molecule has 0 fully saturated rings. The van der Waals surface area contributed by atoms with Crippen molar-refractivity contribution in [1.82, 2.24) is 5.32 Å². The van der Waals surface area contributed by atoms with Crippen LogP contribution in [0.15, 0.2) is 0 Å². The standard InChI is InChI=1S/C8H17N3O3/c1-2-5(4-12)11-8(14)6(9)3-7(10)13/h5-6,12H,2-4,9H2,1H3,(H2,10,13)(H,11,14)/t5-,6?/m1/s1. The first-order valence-electron chi connectivity index (χ1n) is 4.46. The Kier molecular flexibility index (Phi) is 5.82. The summed E-state index contributed by atoms with van der Waals surface area (Å²) in [6.07, 6.45) is 0.416. The zero-order valence-corrected chi connectivity index (χ0v) is 8.19. The molecule has 0 aliphatic heterocycles. The number of primary amides is 1. The van der Waals surface area contributed by atoms with Crippen molar-refractivity contribution in [3.8, 4) is 0 Å². The first kappa shape index (κ1) is 12.9. The molecule has 14 heavy (non-hydrogen) atoms. The summed E-state index contributed by atoms with van der Waals surface area (Å²) in [7, 11) is 0. The van der Waals surface area contributed by atoms with E-state index in [4.69, 9.17) is 16.6 Å². The molecule has 0 radical (unpaired) electrons. The van der Waals surface area contributed by atoms with E-state index in [1.54, 1.807) is 0 Å². The number of aliphatic hydroxyl groups excluding tert-OH is 1. The Labute approximate surface area is 82.6 Å². The van der Waals surface area contributed by atoms with Crippen molar-refractivity contribution in [3.05, 3.63) is 0 Å². The largest absolute Gasteiger partial charge is 0.394 e. The van der Waals surface area contributed by atoms with Crippen LogP contribution in [-0.2, 0) is 9.59 Å². The minimum absolute atomic E-state index is 0.147. The van der Waals surface area contributed by atoms with Crippen LogP contribution in [-0.4, -0.2) is 35.6 Å². The highest BCUT2D eigenvalue weighted by Crippen LogP contribution is 1.92. The summed E-state index contributed by atoms with van der Waals surface area (Å²) < 4.78 is 0. The molecule has 0 aliphatic carbocycles. The Morgan fingerprint density at radius 1 is 1.50 bits per heavy atom.